The Kier molecular flexibility index (Phi) is 3.41. The lowest BCUT2D eigenvalue weighted by molar-refractivity contribution is -0.0541. The van der Waals surface area contributed by atoms with E-state index in [0.29, 0.717) is 16.2 Å². The van der Waals surface area contributed by atoms with Gasteiger partial charge in [0.25, 0.3) is 5.91 Å². The lowest BCUT2D eigenvalue weighted by Gasteiger charge is -2.11. The number of carbonyl (C=O) groups excluding carboxylic acids is 2. The number of hydrogen-bond acceptors (Lipinski definition) is 3. The first-order valence-electron chi connectivity index (χ1n) is 4.47. The van der Waals surface area contributed by atoms with Crippen LogP contribution in [0.15, 0.2) is 24.3 Å². The molecule has 0 aromatic heterocycles. The second-order valence-electron chi connectivity index (χ2n) is 2.96. The number of primary amides is 1. The molecule has 0 spiro atoms. The van der Waals surface area contributed by atoms with Crippen molar-refractivity contribution < 1.29 is 14.8 Å². The fourth-order valence-electron chi connectivity index (χ4n) is 1.07. The zero-order chi connectivity index (χ0) is 11.4. The summed E-state index contributed by atoms with van der Waals surface area (Å²) in [6, 6.07) is 5.78. The molecule has 5 heteroatoms. The Morgan fingerprint density at radius 1 is 1.27 bits per heavy atom. The Morgan fingerprint density at radius 2 is 1.73 bits per heavy atom. The zero-order valence-electron chi connectivity index (χ0n) is 8.30. The molecule has 0 atom stereocenters. The van der Waals surface area contributed by atoms with Crippen molar-refractivity contribution in [1.82, 2.24) is 5.06 Å². The molecule has 0 aliphatic carbocycles. The number of hydrogen-bond donors (Lipinski definition) is 2. The third-order valence-corrected chi connectivity index (χ3v) is 1.95. The lowest BCUT2D eigenvalue weighted by Crippen LogP contribution is -2.27. The van der Waals surface area contributed by atoms with Crippen LogP contribution in [0.5, 0.6) is 0 Å². The van der Waals surface area contributed by atoms with Gasteiger partial charge in [-0.05, 0) is 31.2 Å². The summed E-state index contributed by atoms with van der Waals surface area (Å²) in [5, 5.41) is 9.75. The van der Waals surface area contributed by atoms with Gasteiger partial charge in [0.15, 0.2) is 0 Å². The van der Waals surface area contributed by atoms with Crippen molar-refractivity contribution in [3.05, 3.63) is 35.4 Å². The first-order chi connectivity index (χ1) is 7.06. The summed E-state index contributed by atoms with van der Waals surface area (Å²) in [6.45, 7) is 1.85. The van der Waals surface area contributed by atoms with E-state index in [1.807, 2.05) is 0 Å². The molecule has 1 aromatic rings. The minimum absolute atomic E-state index is 0.205. The van der Waals surface area contributed by atoms with Crippen LogP contribution >= 0.6 is 0 Å². The van der Waals surface area contributed by atoms with Crippen molar-refractivity contribution in [2.75, 3.05) is 6.54 Å². The van der Waals surface area contributed by atoms with E-state index in [2.05, 4.69) is 0 Å². The predicted molar refractivity (Wildman–Crippen MR) is 53.5 cm³/mol. The second kappa shape index (κ2) is 4.56. The van der Waals surface area contributed by atoms with Gasteiger partial charge in [-0.25, -0.2) is 5.06 Å². The van der Waals surface area contributed by atoms with Gasteiger partial charge in [-0.15, -0.1) is 0 Å². The van der Waals surface area contributed by atoms with Crippen molar-refractivity contribution in [2.24, 2.45) is 5.73 Å². The molecule has 1 aromatic carbocycles. The van der Waals surface area contributed by atoms with Gasteiger partial charge in [-0.2, -0.15) is 0 Å². The van der Waals surface area contributed by atoms with Crippen molar-refractivity contribution in [2.45, 2.75) is 6.92 Å². The van der Waals surface area contributed by atoms with Crippen LogP contribution in [0.1, 0.15) is 27.6 Å². The smallest absolute Gasteiger partial charge is 0.277 e. The SMILES string of the molecule is CCN(O)C(=O)c1ccc(C(N)=O)cc1. The van der Waals surface area contributed by atoms with E-state index in [0.717, 1.165) is 0 Å². The average molecular weight is 208 g/mol. The molecule has 0 aliphatic rings. The Labute approximate surface area is 87.1 Å². The van der Waals surface area contributed by atoms with Crippen LogP contribution in [0, 0.1) is 0 Å². The normalized spacial score (nSPS) is 9.73. The number of nitrogens with zero attached hydrogens (tertiary/aromatic N) is 1. The van der Waals surface area contributed by atoms with Gasteiger partial charge in [0.05, 0.1) is 0 Å². The fraction of sp³-hybridized carbons (Fsp3) is 0.200. The molecule has 15 heavy (non-hydrogen) atoms. The van der Waals surface area contributed by atoms with Gasteiger partial charge in [-0.1, -0.05) is 0 Å². The largest absolute Gasteiger partial charge is 0.366 e. The Morgan fingerprint density at radius 3 is 2.13 bits per heavy atom. The van der Waals surface area contributed by atoms with E-state index in [1.165, 1.54) is 24.3 Å². The van der Waals surface area contributed by atoms with Crippen molar-refractivity contribution >= 4 is 11.8 Å². The molecule has 1 rings (SSSR count). The van der Waals surface area contributed by atoms with Crippen LogP contribution in [0.25, 0.3) is 0 Å². The maximum absolute atomic E-state index is 11.4. The first kappa shape index (κ1) is 11.2. The van der Waals surface area contributed by atoms with Gasteiger partial charge in [0, 0.05) is 17.7 Å². The van der Waals surface area contributed by atoms with Crippen molar-refractivity contribution in [3.63, 3.8) is 0 Å². The van der Waals surface area contributed by atoms with E-state index < -0.39 is 11.8 Å². The number of amides is 2. The summed E-state index contributed by atoms with van der Waals surface area (Å²) in [7, 11) is 0. The monoisotopic (exact) mass is 208 g/mol. The zero-order valence-corrected chi connectivity index (χ0v) is 8.30. The van der Waals surface area contributed by atoms with Crippen LogP contribution in [0.2, 0.25) is 0 Å². The Balaban J connectivity index is 2.89. The van der Waals surface area contributed by atoms with Crippen LogP contribution in [0.4, 0.5) is 0 Å². The highest BCUT2D eigenvalue weighted by molar-refractivity contribution is 5.96. The maximum atomic E-state index is 11.4. The summed E-state index contributed by atoms with van der Waals surface area (Å²) in [5.74, 6) is -1.06. The fourth-order valence-corrected chi connectivity index (χ4v) is 1.07. The summed E-state index contributed by atoms with van der Waals surface area (Å²) in [6.07, 6.45) is 0. The molecule has 0 fully saturated rings. The molecule has 80 valence electrons. The predicted octanol–water partition coefficient (Wildman–Crippen LogP) is 0.637. The number of rotatable bonds is 3. The molecule has 2 amide bonds. The highest BCUT2D eigenvalue weighted by Crippen LogP contribution is 2.06. The maximum Gasteiger partial charge on any atom is 0.277 e. The molecule has 0 heterocycles. The third kappa shape index (κ3) is 2.54. The Bertz CT molecular complexity index is 373. The van der Waals surface area contributed by atoms with E-state index in [4.69, 9.17) is 10.9 Å². The highest BCUT2D eigenvalue weighted by Gasteiger charge is 2.11. The van der Waals surface area contributed by atoms with E-state index in [1.54, 1.807) is 6.92 Å². The van der Waals surface area contributed by atoms with Crippen LogP contribution < -0.4 is 5.73 Å². The third-order valence-electron chi connectivity index (χ3n) is 1.95. The lowest BCUT2D eigenvalue weighted by atomic mass is 10.1. The number of hydroxylamine groups is 2. The first-order valence-corrected chi connectivity index (χ1v) is 4.47. The van der Waals surface area contributed by atoms with E-state index in [9.17, 15) is 9.59 Å². The average Bonchev–Trinajstić information content (AvgIpc) is 2.27. The number of nitrogens with two attached hydrogens (primary N) is 1. The standard InChI is InChI=1S/C10H12N2O3/c1-2-12(15)10(14)8-5-3-7(4-6-8)9(11)13/h3-6,15H,2H2,1H3,(H2,11,13). The summed E-state index contributed by atoms with van der Waals surface area (Å²) in [4.78, 5) is 22.2. The molecular formula is C10H12N2O3. The van der Waals surface area contributed by atoms with Crippen molar-refractivity contribution in [3.8, 4) is 0 Å². The molecule has 0 saturated heterocycles. The summed E-state index contributed by atoms with van der Waals surface area (Å²) in [5.41, 5.74) is 5.68. The summed E-state index contributed by atoms with van der Waals surface area (Å²) >= 11 is 0. The molecule has 0 unspecified atom stereocenters. The molecular weight excluding hydrogens is 196 g/mol. The molecule has 0 saturated carbocycles. The van der Waals surface area contributed by atoms with Crippen LogP contribution in [0.3, 0.4) is 0 Å². The van der Waals surface area contributed by atoms with Gasteiger partial charge in [0.1, 0.15) is 0 Å². The van der Waals surface area contributed by atoms with Gasteiger partial charge in [0.2, 0.25) is 5.91 Å². The quantitative estimate of drug-likeness (QED) is 0.564. The topological polar surface area (TPSA) is 83.6 Å². The van der Waals surface area contributed by atoms with Crippen LogP contribution in [-0.2, 0) is 0 Å². The molecule has 0 bridgehead atoms. The van der Waals surface area contributed by atoms with E-state index >= 15 is 0 Å². The van der Waals surface area contributed by atoms with E-state index in [-0.39, 0.29) is 6.54 Å². The molecule has 0 radical (unpaired) electrons. The highest BCUT2D eigenvalue weighted by atomic mass is 16.5. The number of carbonyl (C=O) groups is 2. The minimum Gasteiger partial charge on any atom is -0.366 e. The van der Waals surface area contributed by atoms with Crippen LogP contribution in [-0.4, -0.2) is 28.6 Å². The van der Waals surface area contributed by atoms with Gasteiger partial charge < -0.3 is 5.73 Å². The molecule has 0 aliphatic heterocycles. The molecule has 5 nitrogen and oxygen atoms in total. The van der Waals surface area contributed by atoms with Gasteiger partial charge in [-0.3, -0.25) is 14.8 Å². The summed E-state index contributed by atoms with van der Waals surface area (Å²) < 4.78 is 0. The van der Waals surface area contributed by atoms with Gasteiger partial charge >= 0.3 is 0 Å². The van der Waals surface area contributed by atoms with Crippen molar-refractivity contribution in [1.29, 1.82) is 0 Å². The molecule has 3 N–H and O–H groups in total. The number of benzene rings is 1. The minimum atomic E-state index is -0.551. The second-order valence-corrected chi connectivity index (χ2v) is 2.96. The Hall–Kier alpha value is -1.88.